The normalized spacial score (nSPS) is 15.1. The number of ether oxygens (including phenoxy) is 1. The fourth-order valence-corrected chi connectivity index (χ4v) is 2.60. The maximum Gasteiger partial charge on any atom is 0.265 e. The van der Waals surface area contributed by atoms with Crippen molar-refractivity contribution in [3.8, 4) is 0 Å². The smallest absolute Gasteiger partial charge is 0.265 e. The number of carbonyl (C=O) groups excluding carboxylic acids is 1. The molecule has 1 saturated carbocycles. The number of nitrogens with one attached hydrogen (secondary N) is 1. The predicted molar refractivity (Wildman–Crippen MR) is 77.4 cm³/mol. The first-order valence-electron chi connectivity index (χ1n) is 6.58. The number of hydrogen-bond acceptors (Lipinski definition) is 3. The van der Waals surface area contributed by atoms with Crippen molar-refractivity contribution in [2.45, 2.75) is 32.3 Å². The van der Waals surface area contributed by atoms with E-state index in [1.165, 1.54) is 19.3 Å². The zero-order valence-electron chi connectivity index (χ0n) is 10.8. The average Bonchev–Trinajstić information content (AvgIpc) is 2.37. The van der Waals surface area contributed by atoms with Crippen LogP contribution in [0.4, 0.5) is 0 Å². The summed E-state index contributed by atoms with van der Waals surface area (Å²) >= 11 is 3.45. The number of nitrogens with two attached hydrogens (primary N) is 1. The van der Waals surface area contributed by atoms with Gasteiger partial charge in [-0.3, -0.25) is 10.2 Å². The van der Waals surface area contributed by atoms with Gasteiger partial charge in [-0.05, 0) is 30.0 Å². The molecule has 0 unspecified atom stereocenters. The number of rotatable bonds is 6. The summed E-state index contributed by atoms with van der Waals surface area (Å²) in [5.41, 5.74) is 3.69. The number of nitrogen functional groups attached to an aromatic ring is 1. The summed E-state index contributed by atoms with van der Waals surface area (Å²) in [6, 6.07) is 5.39. The van der Waals surface area contributed by atoms with E-state index in [0.717, 1.165) is 29.0 Å². The molecule has 0 spiro atoms. The second-order valence-electron chi connectivity index (χ2n) is 4.92. The van der Waals surface area contributed by atoms with Gasteiger partial charge in [0.15, 0.2) is 0 Å². The topological polar surface area (TPSA) is 64.3 Å². The van der Waals surface area contributed by atoms with Crippen molar-refractivity contribution < 1.29 is 9.53 Å². The van der Waals surface area contributed by atoms with Crippen molar-refractivity contribution in [1.82, 2.24) is 5.43 Å². The van der Waals surface area contributed by atoms with Crippen molar-refractivity contribution in [2.24, 2.45) is 11.8 Å². The van der Waals surface area contributed by atoms with E-state index < -0.39 is 0 Å². The third-order valence-electron chi connectivity index (χ3n) is 3.60. The Morgan fingerprint density at radius 3 is 2.84 bits per heavy atom. The van der Waals surface area contributed by atoms with Crippen LogP contribution in [0.3, 0.4) is 0 Å². The summed E-state index contributed by atoms with van der Waals surface area (Å²) < 4.78 is 6.55. The highest BCUT2D eigenvalue weighted by Crippen LogP contribution is 2.29. The Labute approximate surface area is 121 Å². The van der Waals surface area contributed by atoms with Crippen LogP contribution in [0.2, 0.25) is 0 Å². The molecule has 5 heteroatoms. The molecule has 1 aromatic rings. The second-order valence-corrected chi connectivity index (χ2v) is 5.77. The molecule has 0 bridgehead atoms. The van der Waals surface area contributed by atoms with E-state index in [0.29, 0.717) is 12.2 Å². The van der Waals surface area contributed by atoms with Gasteiger partial charge in [-0.15, -0.1) is 0 Å². The van der Waals surface area contributed by atoms with Gasteiger partial charge in [-0.1, -0.05) is 41.3 Å². The lowest BCUT2D eigenvalue weighted by molar-refractivity contribution is 0.0939. The average molecular weight is 327 g/mol. The van der Waals surface area contributed by atoms with Crippen LogP contribution < -0.4 is 11.3 Å². The first-order chi connectivity index (χ1) is 9.20. The molecular weight excluding hydrogens is 308 g/mol. The lowest BCUT2D eigenvalue weighted by atomic mass is 9.83. The fraction of sp³-hybridized carbons (Fsp3) is 0.500. The summed E-state index contributed by atoms with van der Waals surface area (Å²) in [6.07, 6.45) is 5.25. The highest BCUT2D eigenvalue weighted by Gasteiger charge is 2.16. The maximum atomic E-state index is 11.4. The molecule has 1 fully saturated rings. The van der Waals surface area contributed by atoms with Crippen molar-refractivity contribution in [3.05, 3.63) is 33.8 Å². The number of halogens is 1. The van der Waals surface area contributed by atoms with E-state index in [2.05, 4.69) is 21.4 Å². The molecule has 4 nitrogen and oxygen atoms in total. The SMILES string of the molecule is NNC(=O)c1ccc(COCCC2CCC2)c(Br)c1. The minimum absolute atomic E-state index is 0.293. The largest absolute Gasteiger partial charge is 0.377 e. The Bertz CT molecular complexity index is 447. The highest BCUT2D eigenvalue weighted by molar-refractivity contribution is 9.10. The van der Waals surface area contributed by atoms with Gasteiger partial charge in [0.25, 0.3) is 5.91 Å². The summed E-state index contributed by atoms with van der Waals surface area (Å²) in [6.45, 7) is 1.37. The number of amides is 1. The first kappa shape index (κ1) is 14.5. The Morgan fingerprint density at radius 2 is 2.26 bits per heavy atom. The molecule has 19 heavy (non-hydrogen) atoms. The molecule has 0 atom stereocenters. The van der Waals surface area contributed by atoms with Gasteiger partial charge in [-0.25, -0.2) is 5.84 Å². The molecule has 1 aromatic carbocycles. The van der Waals surface area contributed by atoms with E-state index >= 15 is 0 Å². The summed E-state index contributed by atoms with van der Waals surface area (Å²) in [7, 11) is 0. The highest BCUT2D eigenvalue weighted by atomic mass is 79.9. The van der Waals surface area contributed by atoms with Gasteiger partial charge in [0.05, 0.1) is 6.61 Å². The van der Waals surface area contributed by atoms with E-state index in [1.54, 1.807) is 12.1 Å². The second kappa shape index (κ2) is 7.03. The van der Waals surface area contributed by atoms with Gasteiger partial charge >= 0.3 is 0 Å². The van der Waals surface area contributed by atoms with E-state index in [-0.39, 0.29) is 5.91 Å². The van der Waals surface area contributed by atoms with E-state index in [9.17, 15) is 4.79 Å². The Morgan fingerprint density at radius 1 is 1.47 bits per heavy atom. The molecular formula is C14H19BrN2O2. The van der Waals surface area contributed by atoms with Gasteiger partial charge in [0, 0.05) is 16.6 Å². The van der Waals surface area contributed by atoms with Crippen molar-refractivity contribution in [2.75, 3.05) is 6.61 Å². The van der Waals surface area contributed by atoms with Crippen LogP contribution in [0.15, 0.2) is 22.7 Å². The van der Waals surface area contributed by atoms with Crippen molar-refractivity contribution in [1.29, 1.82) is 0 Å². The van der Waals surface area contributed by atoms with E-state index in [4.69, 9.17) is 10.6 Å². The van der Waals surface area contributed by atoms with Crippen LogP contribution >= 0.6 is 15.9 Å². The molecule has 0 radical (unpaired) electrons. The molecule has 1 aliphatic carbocycles. The number of hydrazine groups is 1. The van der Waals surface area contributed by atoms with Gasteiger partial charge in [0.1, 0.15) is 0 Å². The van der Waals surface area contributed by atoms with Gasteiger partial charge < -0.3 is 4.74 Å². The minimum atomic E-state index is -0.293. The summed E-state index contributed by atoms with van der Waals surface area (Å²) in [5.74, 6) is 5.68. The lowest BCUT2D eigenvalue weighted by Crippen LogP contribution is -2.29. The first-order valence-corrected chi connectivity index (χ1v) is 7.37. The molecule has 0 aromatic heterocycles. The van der Waals surface area contributed by atoms with Crippen molar-refractivity contribution >= 4 is 21.8 Å². The number of carbonyl (C=O) groups is 1. The zero-order chi connectivity index (χ0) is 13.7. The minimum Gasteiger partial charge on any atom is -0.377 e. The predicted octanol–water partition coefficient (Wildman–Crippen LogP) is 2.76. The quantitative estimate of drug-likeness (QED) is 0.365. The molecule has 0 saturated heterocycles. The van der Waals surface area contributed by atoms with Gasteiger partial charge in [-0.2, -0.15) is 0 Å². The maximum absolute atomic E-state index is 11.4. The molecule has 0 aliphatic heterocycles. The van der Waals surface area contributed by atoms with Gasteiger partial charge in [0.2, 0.25) is 0 Å². The number of hydrogen-bond donors (Lipinski definition) is 2. The van der Waals surface area contributed by atoms with Crippen molar-refractivity contribution in [3.63, 3.8) is 0 Å². The zero-order valence-corrected chi connectivity index (χ0v) is 12.4. The molecule has 3 N–H and O–H groups in total. The Kier molecular flexibility index (Phi) is 5.36. The standard InChI is InChI=1S/C14H19BrN2O2/c15-13-8-11(14(18)17-16)4-5-12(13)9-19-7-6-10-2-1-3-10/h4-5,8,10H,1-3,6-7,9,16H2,(H,17,18). The van der Waals surface area contributed by atoms with Crippen LogP contribution in [0.1, 0.15) is 41.6 Å². The van der Waals surface area contributed by atoms with Crippen LogP contribution in [0.5, 0.6) is 0 Å². The summed E-state index contributed by atoms with van der Waals surface area (Å²) in [4.78, 5) is 11.4. The molecule has 1 aliphatic rings. The third kappa shape index (κ3) is 4.03. The molecule has 104 valence electrons. The van der Waals surface area contributed by atoms with Crippen LogP contribution in [0.25, 0.3) is 0 Å². The van der Waals surface area contributed by atoms with Crippen LogP contribution in [-0.2, 0) is 11.3 Å². The monoisotopic (exact) mass is 326 g/mol. The molecule has 1 amide bonds. The van der Waals surface area contributed by atoms with E-state index in [1.807, 2.05) is 6.07 Å². The Hall–Kier alpha value is -0.910. The number of benzene rings is 1. The molecule has 2 rings (SSSR count). The Balaban J connectivity index is 1.81. The summed E-state index contributed by atoms with van der Waals surface area (Å²) in [5, 5.41) is 0. The van der Waals surface area contributed by atoms with Crippen LogP contribution in [0, 0.1) is 5.92 Å². The lowest BCUT2D eigenvalue weighted by Gasteiger charge is -2.24. The molecule has 0 heterocycles. The van der Waals surface area contributed by atoms with Crippen LogP contribution in [-0.4, -0.2) is 12.5 Å². The third-order valence-corrected chi connectivity index (χ3v) is 4.34. The fourth-order valence-electron chi connectivity index (χ4n) is 2.10.